The van der Waals surface area contributed by atoms with Gasteiger partial charge < -0.3 is 9.84 Å². The van der Waals surface area contributed by atoms with E-state index < -0.39 is 6.10 Å². The third-order valence-corrected chi connectivity index (χ3v) is 3.95. The van der Waals surface area contributed by atoms with Gasteiger partial charge in [-0.25, -0.2) is 0 Å². The summed E-state index contributed by atoms with van der Waals surface area (Å²) in [7, 11) is 0. The zero-order valence-corrected chi connectivity index (χ0v) is 11.8. The zero-order valence-electron chi connectivity index (χ0n) is 9.39. The quantitative estimate of drug-likeness (QED) is 0.919. The molecule has 2 rings (SSSR count). The van der Waals surface area contributed by atoms with E-state index in [1.807, 2.05) is 36.4 Å². The lowest BCUT2D eigenvalue weighted by molar-refractivity contribution is 0.198. The van der Waals surface area contributed by atoms with E-state index in [4.69, 9.17) is 4.74 Å². The molecule has 4 heteroatoms. The van der Waals surface area contributed by atoms with E-state index in [1.54, 1.807) is 18.3 Å². The van der Waals surface area contributed by atoms with Crippen molar-refractivity contribution in [2.45, 2.75) is 19.6 Å². The molecule has 0 unspecified atom stereocenters. The van der Waals surface area contributed by atoms with E-state index in [9.17, 15) is 5.11 Å². The van der Waals surface area contributed by atoms with E-state index in [1.165, 1.54) is 4.88 Å². The van der Waals surface area contributed by atoms with Crippen LogP contribution in [-0.4, -0.2) is 5.11 Å². The van der Waals surface area contributed by atoms with Crippen molar-refractivity contribution in [2.75, 3.05) is 0 Å². The van der Waals surface area contributed by atoms with Crippen LogP contribution in [0.1, 0.15) is 23.5 Å². The molecule has 0 bridgehead atoms. The van der Waals surface area contributed by atoms with Crippen molar-refractivity contribution in [3.63, 3.8) is 0 Å². The Morgan fingerprint density at radius 1 is 1.35 bits per heavy atom. The van der Waals surface area contributed by atoms with Gasteiger partial charge in [-0.1, -0.05) is 12.1 Å². The van der Waals surface area contributed by atoms with Crippen LogP contribution in [-0.2, 0) is 6.61 Å². The predicted molar refractivity (Wildman–Crippen MR) is 73.4 cm³/mol. The highest BCUT2D eigenvalue weighted by Crippen LogP contribution is 2.24. The highest BCUT2D eigenvalue weighted by molar-refractivity contribution is 9.11. The van der Waals surface area contributed by atoms with Crippen LogP contribution in [0.25, 0.3) is 0 Å². The molecule has 0 spiro atoms. The summed E-state index contributed by atoms with van der Waals surface area (Å²) >= 11 is 5.08. The molecule has 0 aliphatic heterocycles. The largest absolute Gasteiger partial charge is 0.488 e. The number of ether oxygens (including phenoxy) is 1. The van der Waals surface area contributed by atoms with Crippen molar-refractivity contribution >= 4 is 27.3 Å². The maximum absolute atomic E-state index is 9.48. The van der Waals surface area contributed by atoms with E-state index in [0.29, 0.717) is 6.61 Å². The predicted octanol–water partition coefficient (Wildman–Crippen LogP) is 4.14. The minimum atomic E-state index is -0.463. The third kappa shape index (κ3) is 3.56. The number of halogens is 1. The first-order valence-electron chi connectivity index (χ1n) is 5.30. The van der Waals surface area contributed by atoms with Gasteiger partial charge in [0.05, 0.1) is 9.89 Å². The molecule has 0 radical (unpaired) electrons. The SMILES string of the molecule is C[C@H](O)c1cccc(OCc2ccc(Br)s2)c1. The summed E-state index contributed by atoms with van der Waals surface area (Å²) in [5.41, 5.74) is 0.870. The van der Waals surface area contributed by atoms with E-state index in [0.717, 1.165) is 15.1 Å². The number of aliphatic hydroxyl groups is 1. The minimum Gasteiger partial charge on any atom is -0.488 e. The minimum absolute atomic E-state index is 0.463. The number of thiophene rings is 1. The van der Waals surface area contributed by atoms with Gasteiger partial charge in [0.1, 0.15) is 12.4 Å². The normalized spacial score (nSPS) is 12.4. The van der Waals surface area contributed by atoms with Crippen molar-refractivity contribution in [2.24, 2.45) is 0 Å². The van der Waals surface area contributed by atoms with Gasteiger partial charge in [-0.3, -0.25) is 0 Å². The molecule has 0 amide bonds. The smallest absolute Gasteiger partial charge is 0.122 e. The Hall–Kier alpha value is -0.840. The summed E-state index contributed by atoms with van der Waals surface area (Å²) < 4.78 is 6.78. The van der Waals surface area contributed by atoms with Gasteiger partial charge >= 0.3 is 0 Å². The van der Waals surface area contributed by atoms with Crippen molar-refractivity contribution in [1.82, 2.24) is 0 Å². The number of hydrogen-bond donors (Lipinski definition) is 1. The molecule has 2 aromatic rings. The number of benzene rings is 1. The van der Waals surface area contributed by atoms with E-state index in [2.05, 4.69) is 15.9 Å². The first-order valence-corrected chi connectivity index (χ1v) is 6.91. The molecule has 1 atom stereocenters. The maximum Gasteiger partial charge on any atom is 0.122 e. The maximum atomic E-state index is 9.48. The van der Waals surface area contributed by atoms with Gasteiger partial charge in [-0.05, 0) is 52.7 Å². The average Bonchev–Trinajstić information content (AvgIpc) is 2.73. The van der Waals surface area contributed by atoms with Crippen LogP contribution in [0.3, 0.4) is 0 Å². The molecule has 1 aromatic carbocycles. The van der Waals surface area contributed by atoms with Crippen LogP contribution in [0.5, 0.6) is 5.75 Å². The molecule has 17 heavy (non-hydrogen) atoms. The van der Waals surface area contributed by atoms with Gasteiger partial charge in [0, 0.05) is 4.88 Å². The molecule has 2 nitrogen and oxygen atoms in total. The summed E-state index contributed by atoms with van der Waals surface area (Å²) in [6, 6.07) is 11.6. The molecule has 1 heterocycles. The second kappa shape index (κ2) is 5.67. The fourth-order valence-corrected chi connectivity index (χ4v) is 2.84. The number of rotatable bonds is 4. The number of aliphatic hydroxyl groups excluding tert-OH is 1. The lowest BCUT2D eigenvalue weighted by Crippen LogP contribution is -1.95. The van der Waals surface area contributed by atoms with Crippen molar-refractivity contribution in [3.05, 3.63) is 50.6 Å². The lowest BCUT2D eigenvalue weighted by Gasteiger charge is -2.08. The Balaban J connectivity index is 2.01. The molecule has 0 aliphatic carbocycles. The molecular weight excluding hydrogens is 300 g/mol. The molecule has 0 saturated heterocycles. The van der Waals surface area contributed by atoms with Gasteiger partial charge in [0.15, 0.2) is 0 Å². The Bertz CT molecular complexity index is 494. The van der Waals surface area contributed by atoms with Gasteiger partial charge in [-0.2, -0.15) is 0 Å². The van der Waals surface area contributed by atoms with Crippen molar-refractivity contribution < 1.29 is 9.84 Å². The van der Waals surface area contributed by atoms with Crippen LogP contribution in [0, 0.1) is 0 Å². The fraction of sp³-hybridized carbons (Fsp3) is 0.231. The topological polar surface area (TPSA) is 29.5 Å². The average molecular weight is 313 g/mol. The lowest BCUT2D eigenvalue weighted by atomic mass is 10.1. The molecule has 1 aromatic heterocycles. The Kier molecular flexibility index (Phi) is 4.20. The van der Waals surface area contributed by atoms with Gasteiger partial charge in [0.25, 0.3) is 0 Å². The molecule has 0 aliphatic rings. The molecule has 0 saturated carbocycles. The summed E-state index contributed by atoms with van der Waals surface area (Å²) in [4.78, 5) is 1.17. The summed E-state index contributed by atoms with van der Waals surface area (Å²) in [6.07, 6.45) is -0.463. The first kappa shape index (κ1) is 12.6. The Morgan fingerprint density at radius 3 is 2.82 bits per heavy atom. The van der Waals surface area contributed by atoms with Crippen LogP contribution < -0.4 is 4.74 Å². The molecule has 90 valence electrons. The monoisotopic (exact) mass is 312 g/mol. The Labute approximate surface area is 113 Å². The second-order valence-corrected chi connectivity index (χ2v) is 6.29. The molecule has 1 N–H and O–H groups in total. The van der Waals surface area contributed by atoms with Crippen LogP contribution >= 0.6 is 27.3 Å². The molecule has 0 fully saturated rings. The van der Waals surface area contributed by atoms with Crippen LogP contribution in [0.2, 0.25) is 0 Å². The number of hydrogen-bond acceptors (Lipinski definition) is 3. The summed E-state index contributed by atoms with van der Waals surface area (Å²) in [5.74, 6) is 0.785. The molecular formula is C13H13BrO2S. The van der Waals surface area contributed by atoms with Crippen molar-refractivity contribution in [1.29, 1.82) is 0 Å². The van der Waals surface area contributed by atoms with Crippen LogP contribution in [0.4, 0.5) is 0 Å². The second-order valence-electron chi connectivity index (χ2n) is 3.74. The van der Waals surface area contributed by atoms with E-state index >= 15 is 0 Å². The first-order chi connectivity index (χ1) is 8.15. The highest BCUT2D eigenvalue weighted by Gasteiger charge is 2.03. The third-order valence-electron chi connectivity index (χ3n) is 2.35. The van der Waals surface area contributed by atoms with Crippen LogP contribution in [0.15, 0.2) is 40.2 Å². The standard InChI is InChI=1S/C13H13BrO2S/c1-9(15)10-3-2-4-11(7-10)16-8-12-5-6-13(14)17-12/h2-7,9,15H,8H2,1H3/t9-/m0/s1. The fourth-order valence-electron chi connectivity index (χ4n) is 1.45. The Morgan fingerprint density at radius 2 is 2.18 bits per heavy atom. The van der Waals surface area contributed by atoms with Crippen molar-refractivity contribution in [3.8, 4) is 5.75 Å². The summed E-state index contributed by atoms with van der Waals surface area (Å²) in [5, 5.41) is 9.48. The zero-order chi connectivity index (χ0) is 12.3. The highest BCUT2D eigenvalue weighted by atomic mass is 79.9. The van der Waals surface area contributed by atoms with Gasteiger partial charge in [-0.15, -0.1) is 11.3 Å². The van der Waals surface area contributed by atoms with Gasteiger partial charge in [0.2, 0.25) is 0 Å². The van der Waals surface area contributed by atoms with E-state index in [-0.39, 0.29) is 0 Å². The summed E-state index contributed by atoms with van der Waals surface area (Å²) in [6.45, 7) is 2.30.